The van der Waals surface area contributed by atoms with Crippen LogP contribution >= 0.6 is 0 Å². The summed E-state index contributed by atoms with van der Waals surface area (Å²) in [7, 11) is 0. The summed E-state index contributed by atoms with van der Waals surface area (Å²) in [6.07, 6.45) is 0. The Hall–Kier alpha value is -1.32. The number of aromatic nitrogens is 2. The van der Waals surface area contributed by atoms with Gasteiger partial charge in [0.1, 0.15) is 0 Å². The zero-order chi connectivity index (χ0) is 9.14. The van der Waals surface area contributed by atoms with Crippen molar-refractivity contribution in [3.05, 3.63) is 32.8 Å². The van der Waals surface area contributed by atoms with Gasteiger partial charge < -0.3 is 0 Å². The first kappa shape index (κ1) is 8.77. The molecule has 0 bridgehead atoms. The molecule has 0 N–H and O–H groups in total. The lowest BCUT2D eigenvalue weighted by Crippen LogP contribution is -2.36. The maximum atomic E-state index is 11.2. The smallest absolute Gasteiger partial charge is 0.265 e. The minimum atomic E-state index is -0.126. The van der Waals surface area contributed by atoms with Crippen LogP contribution in [0.3, 0.4) is 0 Å². The molecule has 1 heterocycles. The van der Waals surface area contributed by atoms with Crippen molar-refractivity contribution in [2.24, 2.45) is 0 Å². The predicted molar refractivity (Wildman–Crippen MR) is 46.3 cm³/mol. The van der Waals surface area contributed by atoms with Crippen molar-refractivity contribution in [3.8, 4) is 0 Å². The van der Waals surface area contributed by atoms with Crippen molar-refractivity contribution < 1.29 is 0 Å². The van der Waals surface area contributed by atoms with Gasteiger partial charge >= 0.3 is 0 Å². The van der Waals surface area contributed by atoms with Gasteiger partial charge in [0.15, 0.2) is 0 Å². The second kappa shape index (κ2) is 3.38. The van der Waals surface area contributed by atoms with Gasteiger partial charge in [-0.2, -0.15) is 0 Å². The normalized spacial score (nSPS) is 10.2. The van der Waals surface area contributed by atoms with E-state index in [0.717, 1.165) is 0 Å². The van der Waals surface area contributed by atoms with Crippen LogP contribution in [0.5, 0.6) is 0 Å². The summed E-state index contributed by atoms with van der Waals surface area (Å²) < 4.78 is 2.87. The largest absolute Gasteiger partial charge is 0.268 e. The molecule has 0 aliphatic carbocycles. The van der Waals surface area contributed by atoms with E-state index >= 15 is 0 Å². The molecule has 1 aromatic heterocycles. The van der Waals surface area contributed by atoms with Gasteiger partial charge in [0, 0.05) is 25.2 Å². The molecule has 0 amide bonds. The molecule has 1 aromatic rings. The average molecular weight is 168 g/mol. The molecule has 0 fully saturated rings. The molecule has 0 aromatic carbocycles. The number of hydrogen-bond acceptors (Lipinski definition) is 2. The zero-order valence-corrected chi connectivity index (χ0v) is 7.28. The van der Waals surface area contributed by atoms with Crippen LogP contribution in [-0.4, -0.2) is 9.36 Å². The van der Waals surface area contributed by atoms with Crippen LogP contribution in [0.25, 0.3) is 0 Å². The molecular weight excluding hydrogens is 156 g/mol. The lowest BCUT2D eigenvalue weighted by atomic mass is 10.5. The summed E-state index contributed by atoms with van der Waals surface area (Å²) in [4.78, 5) is 22.4. The monoisotopic (exact) mass is 168 g/mol. The van der Waals surface area contributed by atoms with Crippen molar-refractivity contribution in [1.82, 2.24) is 9.36 Å². The Morgan fingerprint density at radius 1 is 1.00 bits per heavy atom. The van der Waals surface area contributed by atoms with E-state index in [-0.39, 0.29) is 11.1 Å². The minimum absolute atomic E-state index is 0.126. The van der Waals surface area contributed by atoms with E-state index in [1.54, 1.807) is 0 Å². The topological polar surface area (TPSA) is 44.0 Å². The Labute approximate surface area is 70.0 Å². The third-order valence-corrected chi connectivity index (χ3v) is 1.77. The van der Waals surface area contributed by atoms with Crippen LogP contribution in [0.15, 0.2) is 21.7 Å². The van der Waals surface area contributed by atoms with Crippen LogP contribution in [0.4, 0.5) is 0 Å². The highest BCUT2D eigenvalue weighted by Gasteiger charge is 1.99. The summed E-state index contributed by atoms with van der Waals surface area (Å²) in [5, 5.41) is 0. The molecule has 4 heteroatoms. The fraction of sp³-hybridized carbons (Fsp3) is 0.500. The van der Waals surface area contributed by atoms with Gasteiger partial charge in [-0.15, -0.1) is 0 Å². The van der Waals surface area contributed by atoms with Crippen LogP contribution in [-0.2, 0) is 13.1 Å². The summed E-state index contributed by atoms with van der Waals surface area (Å²) in [5.74, 6) is 0. The quantitative estimate of drug-likeness (QED) is 0.626. The third kappa shape index (κ3) is 1.32. The van der Waals surface area contributed by atoms with Gasteiger partial charge in [0.05, 0.1) is 0 Å². The van der Waals surface area contributed by atoms with E-state index in [2.05, 4.69) is 0 Å². The van der Waals surface area contributed by atoms with Crippen LogP contribution in [0.2, 0.25) is 0 Å². The van der Waals surface area contributed by atoms with Gasteiger partial charge in [-0.3, -0.25) is 9.59 Å². The van der Waals surface area contributed by atoms with Crippen molar-refractivity contribution in [2.45, 2.75) is 26.9 Å². The SMILES string of the molecule is CCn1c(=O)ccc(=O)n1CC. The minimum Gasteiger partial charge on any atom is -0.268 e. The molecule has 0 atom stereocenters. The van der Waals surface area contributed by atoms with E-state index in [4.69, 9.17) is 0 Å². The summed E-state index contributed by atoms with van der Waals surface area (Å²) >= 11 is 0. The second-order valence-corrected chi connectivity index (χ2v) is 2.44. The first-order valence-electron chi connectivity index (χ1n) is 4.01. The van der Waals surface area contributed by atoms with Crippen LogP contribution < -0.4 is 11.1 Å². The van der Waals surface area contributed by atoms with Crippen molar-refractivity contribution in [2.75, 3.05) is 0 Å². The molecule has 12 heavy (non-hydrogen) atoms. The summed E-state index contributed by atoms with van der Waals surface area (Å²) in [5.41, 5.74) is -0.252. The Morgan fingerprint density at radius 3 is 1.58 bits per heavy atom. The van der Waals surface area contributed by atoms with Gasteiger partial charge in [-0.25, -0.2) is 9.36 Å². The number of hydrogen-bond donors (Lipinski definition) is 0. The molecule has 0 aliphatic rings. The maximum absolute atomic E-state index is 11.2. The molecule has 0 unspecified atom stereocenters. The first-order valence-corrected chi connectivity index (χ1v) is 4.01. The van der Waals surface area contributed by atoms with Crippen molar-refractivity contribution in [3.63, 3.8) is 0 Å². The van der Waals surface area contributed by atoms with E-state index in [9.17, 15) is 9.59 Å². The van der Waals surface area contributed by atoms with E-state index in [0.29, 0.717) is 13.1 Å². The summed E-state index contributed by atoms with van der Waals surface area (Å²) in [6, 6.07) is 2.61. The van der Waals surface area contributed by atoms with Crippen LogP contribution in [0.1, 0.15) is 13.8 Å². The second-order valence-electron chi connectivity index (χ2n) is 2.44. The lowest BCUT2D eigenvalue weighted by Gasteiger charge is -2.09. The Morgan fingerprint density at radius 2 is 1.33 bits per heavy atom. The lowest BCUT2D eigenvalue weighted by molar-refractivity contribution is 0.442. The standard InChI is InChI=1S/C8H12N2O2/c1-3-9-7(11)5-6-8(12)10(9)4-2/h5-6H,3-4H2,1-2H3. The maximum Gasteiger partial charge on any atom is 0.265 e. The van der Waals surface area contributed by atoms with Gasteiger partial charge in [-0.05, 0) is 13.8 Å². The molecule has 0 aliphatic heterocycles. The molecule has 0 spiro atoms. The highest BCUT2D eigenvalue weighted by molar-refractivity contribution is 4.87. The third-order valence-electron chi connectivity index (χ3n) is 1.77. The highest BCUT2D eigenvalue weighted by Crippen LogP contribution is 1.78. The zero-order valence-electron chi connectivity index (χ0n) is 7.28. The first-order chi connectivity index (χ1) is 5.70. The summed E-state index contributed by atoms with van der Waals surface area (Å²) in [6.45, 7) is 4.74. The Balaban J connectivity index is 3.50. The molecule has 0 saturated carbocycles. The van der Waals surface area contributed by atoms with Crippen LogP contribution in [0, 0.1) is 0 Å². The number of nitrogens with zero attached hydrogens (tertiary/aromatic N) is 2. The Bertz CT molecular complexity index is 338. The Kier molecular flexibility index (Phi) is 2.47. The fourth-order valence-electron chi connectivity index (χ4n) is 1.21. The molecule has 0 saturated heterocycles. The van der Waals surface area contributed by atoms with Gasteiger partial charge in [-0.1, -0.05) is 0 Å². The van der Waals surface area contributed by atoms with E-state index in [1.807, 2.05) is 13.8 Å². The van der Waals surface area contributed by atoms with Gasteiger partial charge in [0.2, 0.25) is 0 Å². The van der Waals surface area contributed by atoms with Gasteiger partial charge in [0.25, 0.3) is 11.1 Å². The van der Waals surface area contributed by atoms with Crippen molar-refractivity contribution >= 4 is 0 Å². The van der Waals surface area contributed by atoms with Crippen molar-refractivity contribution in [1.29, 1.82) is 0 Å². The van der Waals surface area contributed by atoms with E-state index in [1.165, 1.54) is 21.5 Å². The fourth-order valence-corrected chi connectivity index (χ4v) is 1.21. The number of rotatable bonds is 2. The molecule has 1 rings (SSSR count). The molecule has 0 radical (unpaired) electrons. The molecule has 66 valence electrons. The average Bonchev–Trinajstić information content (AvgIpc) is 2.08. The van der Waals surface area contributed by atoms with E-state index < -0.39 is 0 Å². The highest BCUT2D eigenvalue weighted by atomic mass is 16.2. The predicted octanol–water partition coefficient (Wildman–Crippen LogP) is 0.0498. The molecular formula is C8H12N2O2. The molecule has 4 nitrogen and oxygen atoms in total.